The summed E-state index contributed by atoms with van der Waals surface area (Å²) >= 11 is 5.05. The van der Waals surface area contributed by atoms with Crippen LogP contribution in [0.1, 0.15) is 24.0 Å². The molecule has 0 saturated heterocycles. The molecule has 21 heavy (non-hydrogen) atoms. The Balaban J connectivity index is 1.61. The molecule has 0 spiro atoms. The predicted octanol–water partition coefficient (Wildman–Crippen LogP) is 5.13. The quantitative estimate of drug-likeness (QED) is 0.711. The lowest BCUT2D eigenvalue weighted by molar-refractivity contribution is 0.619. The minimum atomic E-state index is -0.199. The van der Waals surface area contributed by atoms with Crippen LogP contribution in [0.4, 0.5) is 4.39 Å². The maximum atomic E-state index is 13.5. The summed E-state index contributed by atoms with van der Waals surface area (Å²) in [5.74, 6) is 0.563. The summed E-state index contributed by atoms with van der Waals surface area (Å²) in [7, 11) is 0. The molecule has 1 aliphatic carbocycles. The van der Waals surface area contributed by atoms with E-state index in [4.69, 9.17) is 0 Å². The molecule has 0 heterocycles. The second-order valence-electron chi connectivity index (χ2n) is 5.30. The first-order valence-electron chi connectivity index (χ1n) is 7.10. The van der Waals surface area contributed by atoms with Crippen molar-refractivity contribution in [2.45, 2.75) is 36.1 Å². The SMILES string of the molecule is Fc1cccc(CSc2cccc(CNC3CC3)c2)c1Br. The average Bonchev–Trinajstić information content (AvgIpc) is 3.31. The molecule has 1 aliphatic rings. The van der Waals surface area contributed by atoms with Gasteiger partial charge in [0.2, 0.25) is 0 Å². The molecule has 0 bridgehead atoms. The molecule has 1 fully saturated rings. The topological polar surface area (TPSA) is 12.0 Å². The van der Waals surface area contributed by atoms with Crippen LogP contribution in [0.3, 0.4) is 0 Å². The van der Waals surface area contributed by atoms with Crippen LogP contribution in [0, 0.1) is 5.82 Å². The molecule has 1 nitrogen and oxygen atoms in total. The number of rotatable bonds is 6. The molecule has 0 aromatic heterocycles. The monoisotopic (exact) mass is 365 g/mol. The highest BCUT2D eigenvalue weighted by Crippen LogP contribution is 2.29. The number of hydrogen-bond donors (Lipinski definition) is 1. The zero-order valence-corrected chi connectivity index (χ0v) is 14.0. The maximum absolute atomic E-state index is 13.5. The van der Waals surface area contributed by atoms with Crippen molar-refractivity contribution in [2.75, 3.05) is 0 Å². The maximum Gasteiger partial charge on any atom is 0.137 e. The lowest BCUT2D eigenvalue weighted by Gasteiger charge is -2.08. The zero-order chi connectivity index (χ0) is 14.7. The Morgan fingerprint density at radius 2 is 2.00 bits per heavy atom. The smallest absolute Gasteiger partial charge is 0.137 e. The molecule has 0 unspecified atom stereocenters. The van der Waals surface area contributed by atoms with Gasteiger partial charge in [0.05, 0.1) is 4.47 Å². The van der Waals surface area contributed by atoms with E-state index in [1.54, 1.807) is 17.8 Å². The fraction of sp³-hybridized carbons (Fsp3) is 0.294. The summed E-state index contributed by atoms with van der Waals surface area (Å²) in [6.07, 6.45) is 2.62. The summed E-state index contributed by atoms with van der Waals surface area (Å²) in [6, 6.07) is 14.5. The van der Waals surface area contributed by atoms with Crippen molar-refractivity contribution in [3.63, 3.8) is 0 Å². The van der Waals surface area contributed by atoms with E-state index in [1.807, 2.05) is 6.07 Å². The number of thioether (sulfide) groups is 1. The van der Waals surface area contributed by atoms with Gasteiger partial charge in [0.25, 0.3) is 0 Å². The van der Waals surface area contributed by atoms with E-state index in [-0.39, 0.29) is 5.82 Å². The Kier molecular flexibility index (Phi) is 4.99. The third-order valence-corrected chi connectivity index (χ3v) is 5.43. The first kappa shape index (κ1) is 15.1. The minimum absolute atomic E-state index is 0.199. The lowest BCUT2D eigenvalue weighted by Crippen LogP contribution is -2.15. The van der Waals surface area contributed by atoms with Crippen molar-refractivity contribution in [2.24, 2.45) is 0 Å². The largest absolute Gasteiger partial charge is 0.310 e. The molecule has 2 aromatic carbocycles. The normalized spacial score (nSPS) is 14.4. The Morgan fingerprint density at radius 3 is 2.81 bits per heavy atom. The first-order valence-corrected chi connectivity index (χ1v) is 8.88. The zero-order valence-electron chi connectivity index (χ0n) is 11.6. The second kappa shape index (κ2) is 6.95. The van der Waals surface area contributed by atoms with Crippen molar-refractivity contribution in [1.82, 2.24) is 5.32 Å². The Labute approximate surface area is 137 Å². The van der Waals surface area contributed by atoms with E-state index in [9.17, 15) is 4.39 Å². The predicted molar refractivity (Wildman–Crippen MR) is 90.0 cm³/mol. The van der Waals surface area contributed by atoms with Gasteiger partial charge in [0.1, 0.15) is 5.82 Å². The first-order chi connectivity index (χ1) is 10.2. The van der Waals surface area contributed by atoms with Gasteiger partial charge in [-0.1, -0.05) is 24.3 Å². The number of hydrogen-bond acceptors (Lipinski definition) is 2. The summed E-state index contributed by atoms with van der Waals surface area (Å²) in [5.41, 5.74) is 2.30. The summed E-state index contributed by atoms with van der Waals surface area (Å²) < 4.78 is 14.1. The van der Waals surface area contributed by atoms with Gasteiger partial charge in [-0.25, -0.2) is 4.39 Å². The molecule has 0 atom stereocenters. The van der Waals surface area contributed by atoms with Crippen LogP contribution in [-0.4, -0.2) is 6.04 Å². The highest BCUT2D eigenvalue weighted by molar-refractivity contribution is 9.10. The molecule has 0 radical (unpaired) electrons. The van der Waals surface area contributed by atoms with Crippen LogP contribution in [0.2, 0.25) is 0 Å². The molecule has 110 valence electrons. The molecule has 1 N–H and O–H groups in total. The third-order valence-electron chi connectivity index (χ3n) is 3.50. The Hall–Kier alpha value is -0.840. The highest BCUT2D eigenvalue weighted by atomic mass is 79.9. The van der Waals surface area contributed by atoms with E-state index in [0.717, 1.165) is 23.9 Å². The van der Waals surface area contributed by atoms with E-state index in [0.29, 0.717) is 4.47 Å². The van der Waals surface area contributed by atoms with Gasteiger partial charge in [0.15, 0.2) is 0 Å². The number of benzene rings is 2. The molecular weight excluding hydrogens is 349 g/mol. The molecular formula is C17H17BrFNS. The third kappa shape index (κ3) is 4.31. The van der Waals surface area contributed by atoms with E-state index in [2.05, 4.69) is 45.5 Å². The number of halogens is 2. The van der Waals surface area contributed by atoms with Crippen molar-refractivity contribution in [3.05, 3.63) is 63.9 Å². The minimum Gasteiger partial charge on any atom is -0.310 e. The molecule has 3 rings (SSSR count). The molecule has 0 aliphatic heterocycles. The Morgan fingerprint density at radius 1 is 1.19 bits per heavy atom. The van der Waals surface area contributed by atoms with Crippen LogP contribution in [0.25, 0.3) is 0 Å². The van der Waals surface area contributed by atoms with E-state index < -0.39 is 0 Å². The average molecular weight is 366 g/mol. The van der Waals surface area contributed by atoms with E-state index in [1.165, 1.54) is 29.4 Å². The second-order valence-corrected chi connectivity index (χ2v) is 7.15. The summed E-state index contributed by atoms with van der Waals surface area (Å²) in [6.45, 7) is 0.933. The standard InChI is InChI=1S/C17H17BrFNS/c18-17-13(4-2-6-16(17)19)11-21-15-5-1-3-12(9-15)10-20-14-7-8-14/h1-6,9,14,20H,7-8,10-11H2. The highest BCUT2D eigenvalue weighted by Gasteiger charge is 2.19. The molecule has 1 saturated carbocycles. The summed E-state index contributed by atoms with van der Waals surface area (Å²) in [4.78, 5) is 1.22. The van der Waals surface area contributed by atoms with Gasteiger partial charge in [-0.3, -0.25) is 0 Å². The van der Waals surface area contributed by atoms with Gasteiger partial charge in [-0.2, -0.15) is 0 Å². The van der Waals surface area contributed by atoms with Crippen molar-refractivity contribution >= 4 is 27.7 Å². The number of nitrogens with one attached hydrogen (secondary N) is 1. The van der Waals surface area contributed by atoms with Crippen molar-refractivity contribution in [1.29, 1.82) is 0 Å². The molecule has 4 heteroatoms. The van der Waals surface area contributed by atoms with Gasteiger partial charge in [0, 0.05) is 23.2 Å². The van der Waals surface area contributed by atoms with Crippen molar-refractivity contribution < 1.29 is 4.39 Å². The fourth-order valence-corrected chi connectivity index (χ4v) is 3.68. The van der Waals surface area contributed by atoms with Crippen LogP contribution in [0.15, 0.2) is 51.8 Å². The van der Waals surface area contributed by atoms with Crippen molar-refractivity contribution in [3.8, 4) is 0 Å². The summed E-state index contributed by atoms with van der Waals surface area (Å²) in [5, 5.41) is 3.52. The van der Waals surface area contributed by atoms with Crippen LogP contribution >= 0.6 is 27.7 Å². The van der Waals surface area contributed by atoms with Gasteiger partial charge >= 0.3 is 0 Å². The molecule has 0 amide bonds. The van der Waals surface area contributed by atoms with Crippen LogP contribution in [0.5, 0.6) is 0 Å². The Bertz CT molecular complexity index is 628. The van der Waals surface area contributed by atoms with Crippen LogP contribution < -0.4 is 5.32 Å². The van der Waals surface area contributed by atoms with E-state index >= 15 is 0 Å². The molecule has 2 aromatic rings. The lowest BCUT2D eigenvalue weighted by atomic mass is 10.2. The fourth-order valence-electron chi connectivity index (χ4n) is 2.12. The van der Waals surface area contributed by atoms with Gasteiger partial charge in [-0.05, 0) is 58.1 Å². The van der Waals surface area contributed by atoms with Gasteiger partial charge in [-0.15, -0.1) is 11.8 Å². The van der Waals surface area contributed by atoms with Gasteiger partial charge < -0.3 is 5.32 Å². The van der Waals surface area contributed by atoms with Crippen LogP contribution in [-0.2, 0) is 12.3 Å².